The van der Waals surface area contributed by atoms with Crippen molar-refractivity contribution in [2.45, 2.75) is 18.1 Å². The van der Waals surface area contributed by atoms with Crippen LogP contribution in [0.1, 0.15) is 16.7 Å². The third-order valence-electron chi connectivity index (χ3n) is 2.83. The molecule has 0 aliphatic rings. The SMILES string of the molecule is FC(F)(F)c1cccc(COc2c(Cl)cccc2CBr)c1. The van der Waals surface area contributed by atoms with Gasteiger partial charge in [0.05, 0.1) is 10.6 Å². The molecule has 2 rings (SSSR count). The summed E-state index contributed by atoms with van der Waals surface area (Å²) in [5, 5.41) is 0.977. The molecule has 0 aliphatic heterocycles. The van der Waals surface area contributed by atoms with Crippen molar-refractivity contribution in [3.05, 3.63) is 64.2 Å². The molecule has 2 aromatic rings. The highest BCUT2D eigenvalue weighted by molar-refractivity contribution is 9.08. The zero-order valence-electron chi connectivity index (χ0n) is 10.8. The maximum absolute atomic E-state index is 12.6. The zero-order valence-corrected chi connectivity index (χ0v) is 13.1. The maximum Gasteiger partial charge on any atom is 0.416 e. The number of benzene rings is 2. The molecule has 112 valence electrons. The molecule has 0 N–H and O–H groups in total. The van der Waals surface area contributed by atoms with Gasteiger partial charge in [0.15, 0.2) is 0 Å². The van der Waals surface area contributed by atoms with E-state index in [1.54, 1.807) is 18.2 Å². The van der Waals surface area contributed by atoms with Crippen LogP contribution in [0.4, 0.5) is 13.2 Å². The van der Waals surface area contributed by atoms with Crippen molar-refractivity contribution >= 4 is 27.5 Å². The van der Waals surface area contributed by atoms with E-state index >= 15 is 0 Å². The minimum atomic E-state index is -4.36. The normalized spacial score (nSPS) is 11.5. The molecule has 6 heteroatoms. The first-order valence-corrected chi connectivity index (χ1v) is 7.54. The fourth-order valence-electron chi connectivity index (χ4n) is 1.81. The van der Waals surface area contributed by atoms with Crippen LogP contribution >= 0.6 is 27.5 Å². The standard InChI is InChI=1S/C15H11BrClF3O/c16-8-11-4-2-6-13(17)14(11)21-9-10-3-1-5-12(7-10)15(18,19)20/h1-7H,8-9H2. The lowest BCUT2D eigenvalue weighted by atomic mass is 10.1. The summed E-state index contributed by atoms with van der Waals surface area (Å²) in [6, 6.07) is 10.3. The quantitative estimate of drug-likeness (QED) is 0.607. The second-order valence-electron chi connectivity index (χ2n) is 4.35. The second kappa shape index (κ2) is 6.71. The van der Waals surface area contributed by atoms with Crippen LogP contribution in [0.2, 0.25) is 5.02 Å². The predicted octanol–water partition coefficient (Wildman–Crippen LogP) is 5.83. The summed E-state index contributed by atoms with van der Waals surface area (Å²) >= 11 is 9.37. The summed E-state index contributed by atoms with van der Waals surface area (Å²) in [6.07, 6.45) is -4.36. The van der Waals surface area contributed by atoms with E-state index < -0.39 is 11.7 Å². The summed E-state index contributed by atoms with van der Waals surface area (Å²) in [7, 11) is 0. The van der Waals surface area contributed by atoms with Crippen molar-refractivity contribution in [3.8, 4) is 5.75 Å². The summed E-state index contributed by atoms with van der Waals surface area (Å²) in [6.45, 7) is 0.0215. The molecule has 0 bridgehead atoms. The summed E-state index contributed by atoms with van der Waals surface area (Å²) < 4.78 is 43.5. The number of hydrogen-bond donors (Lipinski definition) is 0. The molecule has 0 radical (unpaired) electrons. The smallest absolute Gasteiger partial charge is 0.416 e. The first-order chi connectivity index (χ1) is 9.91. The molecular weight excluding hydrogens is 369 g/mol. The molecule has 2 aromatic carbocycles. The predicted molar refractivity (Wildman–Crippen MR) is 79.9 cm³/mol. The van der Waals surface area contributed by atoms with Gasteiger partial charge in [-0.05, 0) is 23.8 Å². The van der Waals surface area contributed by atoms with Crippen LogP contribution in [-0.2, 0) is 18.1 Å². The average Bonchev–Trinajstić information content (AvgIpc) is 2.45. The molecule has 0 aromatic heterocycles. The minimum Gasteiger partial charge on any atom is -0.487 e. The Labute approximate surface area is 133 Å². The Kier molecular flexibility index (Phi) is 5.17. The molecule has 0 saturated heterocycles. The van der Waals surface area contributed by atoms with Gasteiger partial charge in [0.1, 0.15) is 12.4 Å². The Morgan fingerprint density at radius 2 is 1.81 bits per heavy atom. The van der Waals surface area contributed by atoms with Gasteiger partial charge in [0.2, 0.25) is 0 Å². The van der Waals surface area contributed by atoms with Crippen molar-refractivity contribution in [3.63, 3.8) is 0 Å². The molecule has 0 fully saturated rings. The largest absolute Gasteiger partial charge is 0.487 e. The van der Waals surface area contributed by atoms with Gasteiger partial charge >= 0.3 is 6.18 Å². The first kappa shape index (κ1) is 16.2. The van der Waals surface area contributed by atoms with E-state index in [-0.39, 0.29) is 6.61 Å². The van der Waals surface area contributed by atoms with E-state index in [2.05, 4.69) is 15.9 Å². The molecule has 0 atom stereocenters. The summed E-state index contributed by atoms with van der Waals surface area (Å²) in [4.78, 5) is 0. The van der Waals surface area contributed by atoms with Crippen LogP contribution in [0, 0.1) is 0 Å². The minimum absolute atomic E-state index is 0.0215. The first-order valence-electron chi connectivity index (χ1n) is 6.04. The molecule has 0 unspecified atom stereocenters. The Morgan fingerprint density at radius 3 is 2.48 bits per heavy atom. The van der Waals surface area contributed by atoms with Crippen molar-refractivity contribution in [1.29, 1.82) is 0 Å². The lowest BCUT2D eigenvalue weighted by molar-refractivity contribution is -0.137. The highest BCUT2D eigenvalue weighted by Gasteiger charge is 2.30. The zero-order chi connectivity index (χ0) is 15.5. The van der Waals surface area contributed by atoms with Gasteiger partial charge in [-0.3, -0.25) is 0 Å². The van der Waals surface area contributed by atoms with Crippen molar-refractivity contribution in [1.82, 2.24) is 0 Å². The lowest BCUT2D eigenvalue weighted by Crippen LogP contribution is -2.06. The molecule has 1 nitrogen and oxygen atoms in total. The summed E-state index contributed by atoms with van der Waals surface area (Å²) in [5.74, 6) is 0.480. The van der Waals surface area contributed by atoms with Crippen LogP contribution in [-0.4, -0.2) is 0 Å². The topological polar surface area (TPSA) is 9.23 Å². The molecule has 0 spiro atoms. The van der Waals surface area contributed by atoms with Gasteiger partial charge in [0, 0.05) is 10.9 Å². The number of hydrogen-bond acceptors (Lipinski definition) is 1. The van der Waals surface area contributed by atoms with Crippen molar-refractivity contribution in [2.75, 3.05) is 0 Å². The van der Waals surface area contributed by atoms with Gasteiger partial charge in [-0.25, -0.2) is 0 Å². The lowest BCUT2D eigenvalue weighted by Gasteiger charge is -2.13. The van der Waals surface area contributed by atoms with Gasteiger partial charge in [-0.15, -0.1) is 0 Å². The third-order valence-corrected chi connectivity index (χ3v) is 3.73. The number of ether oxygens (including phenoxy) is 1. The van der Waals surface area contributed by atoms with Crippen LogP contribution < -0.4 is 4.74 Å². The van der Waals surface area contributed by atoms with E-state index in [1.165, 1.54) is 6.07 Å². The highest BCUT2D eigenvalue weighted by Crippen LogP contribution is 2.32. The number of para-hydroxylation sites is 1. The van der Waals surface area contributed by atoms with E-state index in [4.69, 9.17) is 16.3 Å². The van der Waals surface area contributed by atoms with Crippen LogP contribution in [0.3, 0.4) is 0 Å². The van der Waals surface area contributed by atoms with E-state index in [0.29, 0.717) is 21.7 Å². The number of rotatable bonds is 4. The number of halogens is 5. The fourth-order valence-corrected chi connectivity index (χ4v) is 2.50. The molecule has 0 heterocycles. The summed E-state index contributed by atoms with van der Waals surface area (Å²) in [5.41, 5.74) is 0.586. The van der Waals surface area contributed by atoms with E-state index in [1.807, 2.05) is 6.07 Å². The third kappa shape index (κ3) is 4.14. The molecule has 0 saturated carbocycles. The van der Waals surface area contributed by atoms with E-state index in [9.17, 15) is 13.2 Å². The van der Waals surface area contributed by atoms with Crippen LogP contribution in [0.25, 0.3) is 0 Å². The highest BCUT2D eigenvalue weighted by atomic mass is 79.9. The van der Waals surface area contributed by atoms with Crippen molar-refractivity contribution in [2.24, 2.45) is 0 Å². The molecule has 0 aliphatic carbocycles. The number of alkyl halides is 4. The monoisotopic (exact) mass is 378 g/mol. The Hall–Kier alpha value is -1.20. The van der Waals surface area contributed by atoms with Crippen molar-refractivity contribution < 1.29 is 17.9 Å². The van der Waals surface area contributed by atoms with Gasteiger partial charge in [-0.2, -0.15) is 13.2 Å². The van der Waals surface area contributed by atoms with Gasteiger partial charge in [0.25, 0.3) is 0 Å². The Bertz CT molecular complexity index is 629. The van der Waals surface area contributed by atoms with Crippen LogP contribution in [0.5, 0.6) is 5.75 Å². The molecule has 21 heavy (non-hydrogen) atoms. The van der Waals surface area contributed by atoms with E-state index in [0.717, 1.165) is 17.7 Å². The Morgan fingerprint density at radius 1 is 1.10 bits per heavy atom. The van der Waals surface area contributed by atoms with Gasteiger partial charge in [-0.1, -0.05) is 51.8 Å². The van der Waals surface area contributed by atoms with Crippen LogP contribution in [0.15, 0.2) is 42.5 Å². The maximum atomic E-state index is 12.6. The average molecular weight is 380 g/mol. The fraction of sp³-hybridized carbons (Fsp3) is 0.200. The van der Waals surface area contributed by atoms with Gasteiger partial charge < -0.3 is 4.74 Å². The molecular formula is C15H11BrClF3O. The molecule has 0 amide bonds. The Balaban J connectivity index is 2.18. The second-order valence-corrected chi connectivity index (χ2v) is 5.32.